The molecule has 0 bridgehead atoms. The van der Waals surface area contributed by atoms with E-state index >= 15 is 0 Å². The van der Waals surface area contributed by atoms with Gasteiger partial charge in [0.25, 0.3) is 0 Å². The van der Waals surface area contributed by atoms with Gasteiger partial charge in [-0.25, -0.2) is 0 Å². The zero-order valence-corrected chi connectivity index (χ0v) is 9.59. The van der Waals surface area contributed by atoms with Crippen molar-refractivity contribution in [3.05, 3.63) is 29.6 Å². The summed E-state index contributed by atoms with van der Waals surface area (Å²) >= 11 is 0. The van der Waals surface area contributed by atoms with Gasteiger partial charge in [0.2, 0.25) is 0 Å². The molecule has 0 radical (unpaired) electrons. The van der Waals surface area contributed by atoms with Crippen molar-refractivity contribution in [2.45, 2.75) is 19.5 Å². The van der Waals surface area contributed by atoms with Crippen molar-refractivity contribution in [1.82, 2.24) is 9.88 Å². The summed E-state index contributed by atoms with van der Waals surface area (Å²) < 4.78 is 5.35. The van der Waals surface area contributed by atoms with E-state index in [-0.39, 0.29) is 12.6 Å². The molecule has 1 aliphatic rings. The van der Waals surface area contributed by atoms with Crippen molar-refractivity contribution in [3.8, 4) is 0 Å². The smallest absolute Gasteiger partial charge is 0.0644 e. The number of morpholine rings is 1. The molecule has 1 aromatic rings. The Labute approximate surface area is 95.9 Å². The number of hydrogen-bond donors (Lipinski definition) is 1. The second-order valence-electron chi connectivity index (χ2n) is 4.25. The summed E-state index contributed by atoms with van der Waals surface area (Å²) in [7, 11) is 0. The minimum Gasteiger partial charge on any atom is -0.395 e. The molecular weight excluding hydrogens is 204 g/mol. The van der Waals surface area contributed by atoms with Crippen molar-refractivity contribution in [3.63, 3.8) is 0 Å². The lowest BCUT2D eigenvalue weighted by Gasteiger charge is -2.34. The van der Waals surface area contributed by atoms with Crippen LogP contribution in [0.5, 0.6) is 0 Å². The highest BCUT2D eigenvalue weighted by atomic mass is 16.5. The molecule has 1 aliphatic heterocycles. The van der Waals surface area contributed by atoms with Gasteiger partial charge in [0.05, 0.1) is 25.9 Å². The molecule has 0 aliphatic carbocycles. The van der Waals surface area contributed by atoms with Gasteiger partial charge in [-0.2, -0.15) is 0 Å². The summed E-state index contributed by atoms with van der Waals surface area (Å²) in [5, 5.41) is 9.26. The van der Waals surface area contributed by atoms with E-state index in [0.717, 1.165) is 19.7 Å². The summed E-state index contributed by atoms with van der Waals surface area (Å²) in [6.07, 6.45) is 3.74. The van der Waals surface area contributed by atoms with E-state index in [1.807, 2.05) is 19.3 Å². The molecule has 1 saturated heterocycles. The molecule has 16 heavy (non-hydrogen) atoms. The largest absolute Gasteiger partial charge is 0.395 e. The van der Waals surface area contributed by atoms with Gasteiger partial charge in [0.1, 0.15) is 0 Å². The highest BCUT2D eigenvalue weighted by Crippen LogP contribution is 2.12. The summed E-state index contributed by atoms with van der Waals surface area (Å²) in [5.41, 5.74) is 2.37. The number of rotatable bonds is 3. The monoisotopic (exact) mass is 222 g/mol. The van der Waals surface area contributed by atoms with Gasteiger partial charge >= 0.3 is 0 Å². The first-order valence-corrected chi connectivity index (χ1v) is 5.63. The number of aliphatic hydroxyl groups excluding tert-OH is 1. The van der Waals surface area contributed by atoms with Crippen LogP contribution in [0.4, 0.5) is 0 Å². The first-order valence-electron chi connectivity index (χ1n) is 5.63. The van der Waals surface area contributed by atoms with E-state index in [1.165, 1.54) is 11.1 Å². The average molecular weight is 222 g/mol. The first kappa shape index (κ1) is 11.5. The Morgan fingerprint density at radius 2 is 2.44 bits per heavy atom. The molecule has 2 heterocycles. The number of aryl methyl sites for hydroxylation is 1. The van der Waals surface area contributed by atoms with E-state index < -0.39 is 0 Å². The van der Waals surface area contributed by atoms with E-state index in [1.54, 1.807) is 0 Å². The van der Waals surface area contributed by atoms with Gasteiger partial charge in [0.15, 0.2) is 0 Å². The van der Waals surface area contributed by atoms with Crippen LogP contribution in [0.25, 0.3) is 0 Å². The fourth-order valence-corrected chi connectivity index (χ4v) is 2.00. The van der Waals surface area contributed by atoms with Crippen molar-refractivity contribution >= 4 is 0 Å². The van der Waals surface area contributed by atoms with E-state index in [2.05, 4.69) is 16.0 Å². The Morgan fingerprint density at radius 1 is 1.56 bits per heavy atom. The molecule has 0 amide bonds. The van der Waals surface area contributed by atoms with Gasteiger partial charge in [0, 0.05) is 25.5 Å². The van der Waals surface area contributed by atoms with Crippen LogP contribution in [0.1, 0.15) is 11.1 Å². The Hall–Kier alpha value is -0.970. The minimum atomic E-state index is 0.120. The summed E-state index contributed by atoms with van der Waals surface area (Å²) in [5.74, 6) is 0. The molecule has 4 heteroatoms. The highest BCUT2D eigenvalue weighted by molar-refractivity contribution is 5.16. The number of ether oxygens (including phenoxy) is 1. The van der Waals surface area contributed by atoms with Gasteiger partial charge in [-0.1, -0.05) is 6.07 Å². The van der Waals surface area contributed by atoms with Crippen LogP contribution >= 0.6 is 0 Å². The fourth-order valence-electron chi connectivity index (χ4n) is 2.00. The number of pyridine rings is 1. The van der Waals surface area contributed by atoms with Crippen LogP contribution in [0.2, 0.25) is 0 Å². The maximum absolute atomic E-state index is 9.26. The standard InChI is InChI=1S/C12H18N2O2/c1-10-4-11(6-13-5-10)7-14-2-3-16-9-12(14)8-15/h4-6,12,15H,2-3,7-9H2,1H3. The zero-order chi connectivity index (χ0) is 11.4. The van der Waals surface area contributed by atoms with Gasteiger partial charge < -0.3 is 9.84 Å². The van der Waals surface area contributed by atoms with Crippen LogP contribution < -0.4 is 0 Å². The number of hydrogen-bond acceptors (Lipinski definition) is 4. The molecule has 0 aromatic carbocycles. The predicted molar refractivity (Wildman–Crippen MR) is 61.1 cm³/mol. The van der Waals surface area contributed by atoms with E-state index in [9.17, 15) is 5.11 Å². The van der Waals surface area contributed by atoms with Crippen molar-refractivity contribution in [2.75, 3.05) is 26.4 Å². The highest BCUT2D eigenvalue weighted by Gasteiger charge is 2.22. The maximum atomic E-state index is 9.26. The molecule has 1 atom stereocenters. The topological polar surface area (TPSA) is 45.6 Å². The second-order valence-corrected chi connectivity index (χ2v) is 4.25. The van der Waals surface area contributed by atoms with Crippen molar-refractivity contribution in [1.29, 1.82) is 0 Å². The molecule has 2 rings (SSSR count). The lowest BCUT2D eigenvalue weighted by molar-refractivity contribution is -0.0313. The quantitative estimate of drug-likeness (QED) is 0.812. The van der Waals surface area contributed by atoms with Crippen LogP contribution in [0, 0.1) is 6.92 Å². The number of aromatic nitrogens is 1. The summed E-state index contributed by atoms with van der Waals surface area (Å²) in [6, 6.07) is 2.26. The molecule has 0 spiro atoms. The molecule has 1 fully saturated rings. The van der Waals surface area contributed by atoms with Crippen molar-refractivity contribution < 1.29 is 9.84 Å². The SMILES string of the molecule is Cc1cncc(CN2CCOCC2CO)c1. The molecule has 1 unspecified atom stereocenters. The summed E-state index contributed by atoms with van der Waals surface area (Å²) in [4.78, 5) is 6.43. The van der Waals surface area contributed by atoms with Crippen LogP contribution in [0.3, 0.4) is 0 Å². The Kier molecular flexibility index (Phi) is 3.88. The second kappa shape index (κ2) is 5.39. The molecule has 4 nitrogen and oxygen atoms in total. The van der Waals surface area contributed by atoms with Crippen LogP contribution in [0.15, 0.2) is 18.5 Å². The molecule has 1 N–H and O–H groups in total. The third kappa shape index (κ3) is 2.78. The molecular formula is C12H18N2O2. The maximum Gasteiger partial charge on any atom is 0.0644 e. The van der Waals surface area contributed by atoms with Gasteiger partial charge in [-0.3, -0.25) is 9.88 Å². The molecule has 1 aromatic heterocycles. The predicted octanol–water partition coefficient (Wildman–Crippen LogP) is 0.583. The lowest BCUT2D eigenvalue weighted by Crippen LogP contribution is -2.46. The third-order valence-corrected chi connectivity index (χ3v) is 2.88. The Bertz CT molecular complexity index is 344. The Balaban J connectivity index is 2.02. The third-order valence-electron chi connectivity index (χ3n) is 2.88. The van der Waals surface area contributed by atoms with Crippen molar-refractivity contribution in [2.24, 2.45) is 0 Å². The summed E-state index contributed by atoms with van der Waals surface area (Å²) in [6.45, 7) is 5.27. The lowest BCUT2D eigenvalue weighted by atomic mass is 10.1. The van der Waals surface area contributed by atoms with Crippen LogP contribution in [-0.2, 0) is 11.3 Å². The zero-order valence-electron chi connectivity index (χ0n) is 9.59. The number of aliphatic hydroxyl groups is 1. The van der Waals surface area contributed by atoms with E-state index in [4.69, 9.17) is 4.74 Å². The number of nitrogens with zero attached hydrogens (tertiary/aromatic N) is 2. The molecule has 0 saturated carbocycles. The first-order chi connectivity index (χ1) is 7.79. The average Bonchev–Trinajstić information content (AvgIpc) is 2.30. The minimum absolute atomic E-state index is 0.120. The normalized spacial score (nSPS) is 22.2. The van der Waals surface area contributed by atoms with Gasteiger partial charge in [-0.15, -0.1) is 0 Å². The van der Waals surface area contributed by atoms with Crippen LogP contribution in [-0.4, -0.2) is 47.4 Å². The Morgan fingerprint density at radius 3 is 3.19 bits per heavy atom. The molecule has 88 valence electrons. The van der Waals surface area contributed by atoms with Gasteiger partial charge in [-0.05, 0) is 18.1 Å². The fraction of sp³-hybridized carbons (Fsp3) is 0.583. The van der Waals surface area contributed by atoms with E-state index in [0.29, 0.717) is 6.61 Å².